The third-order valence-electron chi connectivity index (χ3n) is 2.06. The fourth-order valence-corrected chi connectivity index (χ4v) is 1.23. The lowest BCUT2D eigenvalue weighted by Crippen LogP contribution is -2.49. The third kappa shape index (κ3) is 6.23. The number of hydrogen-bond acceptors (Lipinski definition) is 3. The molecule has 0 bridgehead atoms. The van der Waals surface area contributed by atoms with Crippen LogP contribution in [0.4, 0.5) is 4.79 Å². The first-order valence-corrected chi connectivity index (χ1v) is 5.30. The molecule has 0 aromatic carbocycles. The number of carboxylic acid groups (broad SMARTS) is 1. The summed E-state index contributed by atoms with van der Waals surface area (Å²) in [6.45, 7) is 3.83. The van der Waals surface area contributed by atoms with Gasteiger partial charge in [-0.05, 0) is 13.3 Å². The second-order valence-corrected chi connectivity index (χ2v) is 3.62. The lowest BCUT2D eigenvalue weighted by molar-refractivity contribution is -0.138. The molecule has 0 rings (SSSR count). The van der Waals surface area contributed by atoms with E-state index in [9.17, 15) is 9.59 Å². The topological polar surface area (TPSA) is 87.7 Å². The van der Waals surface area contributed by atoms with Gasteiger partial charge in [-0.15, -0.1) is 0 Å². The van der Waals surface area contributed by atoms with Crippen LogP contribution >= 0.6 is 0 Å². The second-order valence-electron chi connectivity index (χ2n) is 3.62. The zero-order valence-corrected chi connectivity index (χ0v) is 9.95. The first-order chi connectivity index (χ1) is 7.51. The Morgan fingerprint density at radius 1 is 1.38 bits per heavy atom. The number of rotatable bonds is 7. The molecule has 0 saturated carbocycles. The van der Waals surface area contributed by atoms with Crippen molar-refractivity contribution in [2.24, 2.45) is 0 Å². The van der Waals surface area contributed by atoms with Crippen LogP contribution in [-0.2, 0) is 9.53 Å². The van der Waals surface area contributed by atoms with Crippen LogP contribution in [0.3, 0.4) is 0 Å². The van der Waals surface area contributed by atoms with E-state index in [2.05, 4.69) is 10.6 Å². The summed E-state index contributed by atoms with van der Waals surface area (Å²) >= 11 is 0. The minimum absolute atomic E-state index is 0.0870. The van der Waals surface area contributed by atoms with E-state index in [0.29, 0.717) is 6.61 Å². The Hall–Kier alpha value is -1.30. The summed E-state index contributed by atoms with van der Waals surface area (Å²) in [5.74, 6) is -1.06. The fraction of sp³-hybridized carbons (Fsp3) is 0.800. The molecule has 0 aromatic heterocycles. The lowest BCUT2D eigenvalue weighted by atomic mass is 10.2. The Morgan fingerprint density at radius 2 is 2.00 bits per heavy atom. The monoisotopic (exact) mass is 232 g/mol. The Labute approximate surface area is 95.4 Å². The SMILES string of the molecule is CCCC(COC)NC(=O)NC(C)C(=O)O. The predicted octanol–water partition coefficient (Wildman–Crippen LogP) is 0.574. The van der Waals surface area contributed by atoms with Gasteiger partial charge in [-0.25, -0.2) is 4.79 Å². The van der Waals surface area contributed by atoms with Crippen LogP contribution in [0.2, 0.25) is 0 Å². The van der Waals surface area contributed by atoms with Crippen molar-refractivity contribution in [2.45, 2.75) is 38.8 Å². The largest absolute Gasteiger partial charge is 0.480 e. The average molecular weight is 232 g/mol. The number of aliphatic carboxylic acids is 1. The first kappa shape index (κ1) is 14.7. The summed E-state index contributed by atoms with van der Waals surface area (Å²) in [4.78, 5) is 21.9. The van der Waals surface area contributed by atoms with Crippen LogP contribution in [0.1, 0.15) is 26.7 Å². The average Bonchev–Trinajstić information content (AvgIpc) is 2.17. The van der Waals surface area contributed by atoms with Gasteiger partial charge < -0.3 is 20.5 Å². The molecule has 2 atom stereocenters. The maximum Gasteiger partial charge on any atom is 0.325 e. The predicted molar refractivity (Wildman–Crippen MR) is 59.3 cm³/mol. The highest BCUT2D eigenvalue weighted by molar-refractivity contribution is 5.82. The van der Waals surface area contributed by atoms with E-state index < -0.39 is 18.0 Å². The molecule has 0 aliphatic heterocycles. The van der Waals surface area contributed by atoms with Crippen LogP contribution in [0.25, 0.3) is 0 Å². The number of amides is 2. The van der Waals surface area contributed by atoms with Gasteiger partial charge in [0.15, 0.2) is 0 Å². The van der Waals surface area contributed by atoms with Crippen molar-refractivity contribution in [3.8, 4) is 0 Å². The highest BCUT2D eigenvalue weighted by Gasteiger charge is 2.16. The Morgan fingerprint density at radius 3 is 2.44 bits per heavy atom. The number of carbonyl (C=O) groups excluding carboxylic acids is 1. The van der Waals surface area contributed by atoms with Gasteiger partial charge >= 0.3 is 12.0 Å². The van der Waals surface area contributed by atoms with Crippen molar-refractivity contribution in [1.82, 2.24) is 10.6 Å². The molecule has 16 heavy (non-hydrogen) atoms. The van der Waals surface area contributed by atoms with E-state index >= 15 is 0 Å². The van der Waals surface area contributed by atoms with Gasteiger partial charge in [0.1, 0.15) is 6.04 Å². The second kappa shape index (κ2) is 7.92. The Balaban J connectivity index is 4.03. The summed E-state index contributed by atoms with van der Waals surface area (Å²) in [6, 6.07) is -1.47. The number of hydrogen-bond donors (Lipinski definition) is 3. The van der Waals surface area contributed by atoms with Crippen LogP contribution < -0.4 is 10.6 Å². The lowest BCUT2D eigenvalue weighted by Gasteiger charge is -2.18. The van der Waals surface area contributed by atoms with E-state index in [0.717, 1.165) is 12.8 Å². The maximum absolute atomic E-state index is 11.4. The van der Waals surface area contributed by atoms with Crippen molar-refractivity contribution in [2.75, 3.05) is 13.7 Å². The third-order valence-corrected chi connectivity index (χ3v) is 2.06. The zero-order valence-electron chi connectivity index (χ0n) is 9.95. The highest BCUT2D eigenvalue weighted by atomic mass is 16.5. The quantitative estimate of drug-likeness (QED) is 0.599. The molecule has 3 N–H and O–H groups in total. The van der Waals surface area contributed by atoms with Crippen LogP contribution in [0.15, 0.2) is 0 Å². The summed E-state index contributed by atoms with van der Waals surface area (Å²) in [5.41, 5.74) is 0. The standard InChI is InChI=1S/C10H20N2O4/c1-4-5-8(6-16-3)12-10(15)11-7(2)9(13)14/h7-8H,4-6H2,1-3H3,(H,13,14)(H2,11,12,15). The van der Waals surface area contributed by atoms with Gasteiger partial charge in [-0.2, -0.15) is 0 Å². The van der Waals surface area contributed by atoms with Crippen molar-refractivity contribution in [3.63, 3.8) is 0 Å². The molecule has 6 nitrogen and oxygen atoms in total. The van der Waals surface area contributed by atoms with E-state index in [1.807, 2.05) is 6.92 Å². The van der Waals surface area contributed by atoms with Crippen LogP contribution in [0.5, 0.6) is 0 Å². The van der Waals surface area contributed by atoms with Crippen molar-refractivity contribution in [3.05, 3.63) is 0 Å². The minimum atomic E-state index is -1.06. The van der Waals surface area contributed by atoms with Gasteiger partial charge in [0.05, 0.1) is 12.6 Å². The minimum Gasteiger partial charge on any atom is -0.480 e. The summed E-state index contributed by atoms with van der Waals surface area (Å²) < 4.78 is 4.95. The van der Waals surface area contributed by atoms with Crippen molar-refractivity contribution >= 4 is 12.0 Å². The molecule has 6 heteroatoms. The fourth-order valence-electron chi connectivity index (χ4n) is 1.23. The number of urea groups is 1. The van der Waals surface area contributed by atoms with Crippen molar-refractivity contribution in [1.29, 1.82) is 0 Å². The van der Waals surface area contributed by atoms with Gasteiger partial charge in [-0.1, -0.05) is 13.3 Å². The van der Waals surface area contributed by atoms with Gasteiger partial charge in [0, 0.05) is 7.11 Å². The summed E-state index contributed by atoms with van der Waals surface area (Å²) in [7, 11) is 1.56. The van der Waals surface area contributed by atoms with Gasteiger partial charge in [0.25, 0.3) is 0 Å². The molecular formula is C10H20N2O4. The molecule has 0 spiro atoms. The van der Waals surface area contributed by atoms with E-state index in [1.165, 1.54) is 6.92 Å². The van der Waals surface area contributed by atoms with Gasteiger partial charge in [0.2, 0.25) is 0 Å². The number of carboxylic acids is 1. The first-order valence-electron chi connectivity index (χ1n) is 5.30. The van der Waals surface area contributed by atoms with Gasteiger partial charge in [-0.3, -0.25) is 4.79 Å². The molecule has 0 radical (unpaired) electrons. The molecular weight excluding hydrogens is 212 g/mol. The molecule has 0 fully saturated rings. The molecule has 0 heterocycles. The molecule has 94 valence electrons. The molecule has 0 saturated heterocycles. The van der Waals surface area contributed by atoms with Crippen LogP contribution in [-0.4, -0.2) is 42.9 Å². The molecule has 0 aromatic rings. The van der Waals surface area contributed by atoms with Crippen LogP contribution in [0, 0.1) is 0 Å². The number of carbonyl (C=O) groups is 2. The maximum atomic E-state index is 11.4. The number of methoxy groups -OCH3 is 1. The van der Waals surface area contributed by atoms with Crippen molar-refractivity contribution < 1.29 is 19.4 Å². The smallest absolute Gasteiger partial charge is 0.325 e. The normalized spacial score (nSPS) is 13.9. The molecule has 0 aliphatic carbocycles. The van der Waals surface area contributed by atoms with E-state index in [1.54, 1.807) is 7.11 Å². The highest BCUT2D eigenvalue weighted by Crippen LogP contribution is 1.97. The summed E-state index contributed by atoms with van der Waals surface area (Å²) in [5, 5.41) is 13.6. The summed E-state index contributed by atoms with van der Waals surface area (Å²) in [6.07, 6.45) is 1.71. The van der Waals surface area contributed by atoms with E-state index in [-0.39, 0.29) is 6.04 Å². The number of nitrogens with one attached hydrogen (secondary N) is 2. The number of ether oxygens (including phenoxy) is 1. The zero-order chi connectivity index (χ0) is 12.6. The Bertz CT molecular complexity index is 227. The molecule has 2 unspecified atom stereocenters. The Kier molecular flexibility index (Phi) is 7.28. The molecule has 2 amide bonds. The molecule has 0 aliphatic rings. The van der Waals surface area contributed by atoms with E-state index in [4.69, 9.17) is 9.84 Å².